The van der Waals surface area contributed by atoms with Crippen LogP contribution in [0.4, 0.5) is 0 Å². The number of ether oxygens (including phenoxy) is 1. The van der Waals surface area contributed by atoms with E-state index >= 15 is 0 Å². The summed E-state index contributed by atoms with van der Waals surface area (Å²) >= 11 is 0. The van der Waals surface area contributed by atoms with Gasteiger partial charge in [0.25, 0.3) is 0 Å². The van der Waals surface area contributed by atoms with Crippen molar-refractivity contribution in [2.45, 2.75) is 0 Å². The van der Waals surface area contributed by atoms with Crippen molar-refractivity contribution in [1.82, 2.24) is 19.7 Å². The van der Waals surface area contributed by atoms with Crippen LogP contribution in [-0.4, -0.2) is 26.9 Å². The minimum absolute atomic E-state index is 0.535. The zero-order chi connectivity index (χ0) is 13.1. The molecule has 0 saturated heterocycles. The highest BCUT2D eigenvalue weighted by molar-refractivity contribution is 5.63. The first-order valence-electron chi connectivity index (χ1n) is 5.85. The number of rotatable bonds is 3. The minimum atomic E-state index is 0.535. The van der Waals surface area contributed by atoms with E-state index < -0.39 is 0 Å². The van der Waals surface area contributed by atoms with E-state index in [1.807, 2.05) is 47.0 Å². The zero-order valence-corrected chi connectivity index (χ0v) is 10.4. The van der Waals surface area contributed by atoms with Gasteiger partial charge in [0.05, 0.1) is 12.7 Å². The van der Waals surface area contributed by atoms with Crippen molar-refractivity contribution in [3.63, 3.8) is 0 Å². The smallest absolute Gasteiger partial charge is 0.224 e. The van der Waals surface area contributed by atoms with Crippen LogP contribution in [0.5, 0.6) is 5.88 Å². The van der Waals surface area contributed by atoms with Gasteiger partial charge in [-0.05, 0) is 24.3 Å². The molecule has 2 heterocycles. The molecule has 0 spiro atoms. The Labute approximate surface area is 110 Å². The topological polar surface area (TPSA) is 52.8 Å². The average molecular weight is 252 g/mol. The first kappa shape index (κ1) is 11.4. The van der Waals surface area contributed by atoms with Crippen LogP contribution in [0.3, 0.4) is 0 Å². The third-order valence-electron chi connectivity index (χ3n) is 2.79. The van der Waals surface area contributed by atoms with Crippen molar-refractivity contribution in [3.8, 4) is 23.0 Å². The van der Waals surface area contributed by atoms with Crippen molar-refractivity contribution in [2.75, 3.05) is 7.11 Å². The Morgan fingerprint density at radius 2 is 1.89 bits per heavy atom. The van der Waals surface area contributed by atoms with E-state index in [4.69, 9.17) is 4.74 Å². The van der Waals surface area contributed by atoms with Crippen LogP contribution in [0, 0.1) is 0 Å². The number of methoxy groups -OCH3 is 1. The summed E-state index contributed by atoms with van der Waals surface area (Å²) in [5.41, 5.74) is 1.81. The SMILES string of the molecule is COc1ncccc1-c1nncn1-c1ccccc1. The summed E-state index contributed by atoms with van der Waals surface area (Å²) in [4.78, 5) is 4.18. The third-order valence-corrected chi connectivity index (χ3v) is 2.79. The molecule has 0 saturated carbocycles. The van der Waals surface area contributed by atoms with Crippen LogP contribution < -0.4 is 4.74 Å². The summed E-state index contributed by atoms with van der Waals surface area (Å²) in [5.74, 6) is 1.24. The fourth-order valence-electron chi connectivity index (χ4n) is 1.92. The third kappa shape index (κ3) is 2.06. The predicted octanol–water partition coefficient (Wildman–Crippen LogP) is 2.34. The highest BCUT2D eigenvalue weighted by Gasteiger charge is 2.13. The Bertz CT molecular complexity index is 679. The lowest BCUT2D eigenvalue weighted by atomic mass is 10.2. The minimum Gasteiger partial charge on any atom is -0.480 e. The second-order valence-electron chi connectivity index (χ2n) is 3.92. The van der Waals surface area contributed by atoms with Crippen molar-refractivity contribution in [2.24, 2.45) is 0 Å². The van der Waals surface area contributed by atoms with E-state index in [0.717, 1.165) is 11.3 Å². The van der Waals surface area contributed by atoms with Gasteiger partial charge >= 0.3 is 0 Å². The van der Waals surface area contributed by atoms with Crippen LogP contribution in [-0.2, 0) is 0 Å². The molecule has 2 aromatic heterocycles. The van der Waals surface area contributed by atoms with Gasteiger partial charge < -0.3 is 4.74 Å². The lowest BCUT2D eigenvalue weighted by Gasteiger charge is -2.08. The van der Waals surface area contributed by atoms with E-state index in [0.29, 0.717) is 11.7 Å². The van der Waals surface area contributed by atoms with E-state index in [1.165, 1.54) is 0 Å². The lowest BCUT2D eigenvalue weighted by molar-refractivity contribution is 0.399. The Morgan fingerprint density at radius 1 is 1.05 bits per heavy atom. The Kier molecular flexibility index (Phi) is 2.94. The highest BCUT2D eigenvalue weighted by atomic mass is 16.5. The Morgan fingerprint density at radius 3 is 2.68 bits per heavy atom. The molecule has 0 N–H and O–H groups in total. The van der Waals surface area contributed by atoms with Gasteiger partial charge in [-0.2, -0.15) is 0 Å². The van der Waals surface area contributed by atoms with Crippen LogP contribution in [0.1, 0.15) is 0 Å². The number of para-hydroxylation sites is 1. The monoisotopic (exact) mass is 252 g/mol. The summed E-state index contributed by atoms with van der Waals surface area (Å²) in [6.45, 7) is 0. The van der Waals surface area contributed by atoms with Gasteiger partial charge in [-0.3, -0.25) is 4.57 Å². The molecule has 94 valence electrons. The molecule has 0 aliphatic heterocycles. The van der Waals surface area contributed by atoms with Crippen LogP contribution in [0.2, 0.25) is 0 Å². The molecule has 1 aromatic carbocycles. The molecule has 0 fully saturated rings. The molecule has 0 aliphatic rings. The molecule has 0 amide bonds. The number of nitrogens with zero attached hydrogens (tertiary/aromatic N) is 4. The summed E-state index contributed by atoms with van der Waals surface area (Å²) < 4.78 is 7.17. The number of pyridine rings is 1. The normalized spacial score (nSPS) is 10.4. The summed E-state index contributed by atoms with van der Waals surface area (Å²) in [6, 6.07) is 13.7. The Balaban J connectivity index is 2.15. The van der Waals surface area contributed by atoms with Crippen molar-refractivity contribution in [3.05, 3.63) is 55.0 Å². The molecular formula is C14H12N4O. The van der Waals surface area contributed by atoms with Gasteiger partial charge in [-0.15, -0.1) is 10.2 Å². The molecule has 0 atom stereocenters. The molecule has 3 aromatic rings. The fourth-order valence-corrected chi connectivity index (χ4v) is 1.92. The number of aromatic nitrogens is 4. The molecule has 0 aliphatic carbocycles. The molecular weight excluding hydrogens is 240 g/mol. The molecule has 0 bridgehead atoms. The maximum absolute atomic E-state index is 5.27. The first-order valence-corrected chi connectivity index (χ1v) is 5.85. The van der Waals surface area contributed by atoms with Gasteiger partial charge in [0.2, 0.25) is 5.88 Å². The van der Waals surface area contributed by atoms with Gasteiger partial charge in [0.15, 0.2) is 5.82 Å². The second kappa shape index (κ2) is 4.89. The van der Waals surface area contributed by atoms with Gasteiger partial charge in [-0.1, -0.05) is 18.2 Å². The zero-order valence-electron chi connectivity index (χ0n) is 10.4. The van der Waals surface area contributed by atoms with Crippen LogP contribution in [0.15, 0.2) is 55.0 Å². The standard InChI is InChI=1S/C14H12N4O/c1-19-14-12(8-5-9-15-14)13-17-16-10-18(13)11-6-3-2-4-7-11/h2-10H,1H3. The first-order chi connectivity index (χ1) is 9.40. The summed E-state index contributed by atoms with van der Waals surface area (Å²) in [7, 11) is 1.59. The molecule has 3 rings (SSSR count). The van der Waals surface area contributed by atoms with Crippen LogP contribution in [0.25, 0.3) is 17.1 Å². The van der Waals surface area contributed by atoms with Crippen molar-refractivity contribution >= 4 is 0 Å². The van der Waals surface area contributed by atoms with E-state index in [9.17, 15) is 0 Å². The quantitative estimate of drug-likeness (QED) is 0.718. The molecule has 0 radical (unpaired) electrons. The van der Waals surface area contributed by atoms with Gasteiger partial charge in [0, 0.05) is 11.9 Å². The highest BCUT2D eigenvalue weighted by Crippen LogP contribution is 2.27. The number of benzene rings is 1. The molecule has 5 nitrogen and oxygen atoms in total. The van der Waals surface area contributed by atoms with Crippen molar-refractivity contribution in [1.29, 1.82) is 0 Å². The van der Waals surface area contributed by atoms with Crippen molar-refractivity contribution < 1.29 is 4.74 Å². The largest absolute Gasteiger partial charge is 0.480 e. The van der Waals surface area contributed by atoms with Crippen LogP contribution >= 0.6 is 0 Å². The molecule has 0 unspecified atom stereocenters. The van der Waals surface area contributed by atoms with Gasteiger partial charge in [-0.25, -0.2) is 4.98 Å². The Hall–Kier alpha value is -2.69. The lowest BCUT2D eigenvalue weighted by Crippen LogP contribution is -1.98. The van der Waals surface area contributed by atoms with E-state index in [-0.39, 0.29) is 0 Å². The second-order valence-corrected chi connectivity index (χ2v) is 3.92. The van der Waals surface area contributed by atoms with E-state index in [1.54, 1.807) is 19.6 Å². The summed E-state index contributed by atoms with van der Waals surface area (Å²) in [5, 5.41) is 8.14. The molecule has 5 heteroatoms. The number of hydrogen-bond acceptors (Lipinski definition) is 4. The maximum Gasteiger partial charge on any atom is 0.224 e. The maximum atomic E-state index is 5.27. The summed E-state index contributed by atoms with van der Waals surface area (Å²) in [6.07, 6.45) is 3.36. The predicted molar refractivity (Wildman–Crippen MR) is 71.1 cm³/mol. The average Bonchev–Trinajstić information content (AvgIpc) is 2.97. The number of hydrogen-bond donors (Lipinski definition) is 0. The van der Waals surface area contributed by atoms with E-state index in [2.05, 4.69) is 15.2 Å². The molecule has 19 heavy (non-hydrogen) atoms. The van der Waals surface area contributed by atoms with Gasteiger partial charge in [0.1, 0.15) is 6.33 Å². The fraction of sp³-hybridized carbons (Fsp3) is 0.0714.